The molecule has 0 spiro atoms. The van der Waals surface area contributed by atoms with Gasteiger partial charge in [0.2, 0.25) is 10.0 Å². The lowest BCUT2D eigenvalue weighted by atomic mass is 10.2. The summed E-state index contributed by atoms with van der Waals surface area (Å²) < 4.78 is 28.3. The fourth-order valence-corrected chi connectivity index (χ4v) is 4.61. The lowest BCUT2D eigenvalue weighted by Crippen LogP contribution is -2.30. The molecular weight excluding hydrogens is 400 g/mol. The SMILES string of the molecule is CCN(CC)S(=O)(=O)c1ccc(C(=O)Nc2cc(C)nn2-c2ccc(C)cc2)cc1. The first kappa shape index (κ1) is 21.7. The minimum Gasteiger partial charge on any atom is -0.306 e. The van der Waals surface area contributed by atoms with E-state index in [9.17, 15) is 13.2 Å². The molecule has 1 aromatic heterocycles. The molecule has 1 N–H and O–H groups in total. The zero-order valence-electron chi connectivity index (χ0n) is 17.6. The highest BCUT2D eigenvalue weighted by molar-refractivity contribution is 7.89. The highest BCUT2D eigenvalue weighted by Gasteiger charge is 2.22. The Labute approximate surface area is 177 Å². The van der Waals surface area contributed by atoms with Gasteiger partial charge in [-0.2, -0.15) is 9.40 Å². The Hall–Kier alpha value is -2.97. The van der Waals surface area contributed by atoms with E-state index in [1.54, 1.807) is 24.6 Å². The van der Waals surface area contributed by atoms with Crippen molar-refractivity contribution in [1.82, 2.24) is 14.1 Å². The maximum Gasteiger partial charge on any atom is 0.256 e. The zero-order chi connectivity index (χ0) is 21.9. The van der Waals surface area contributed by atoms with Crippen LogP contribution in [0.2, 0.25) is 0 Å². The van der Waals surface area contributed by atoms with Crippen LogP contribution in [0.1, 0.15) is 35.5 Å². The fraction of sp³-hybridized carbons (Fsp3) is 0.273. The Morgan fingerprint density at radius 2 is 1.60 bits per heavy atom. The number of aromatic nitrogens is 2. The fourth-order valence-electron chi connectivity index (χ4n) is 3.15. The molecule has 3 rings (SSSR count). The summed E-state index contributed by atoms with van der Waals surface area (Å²) in [5.41, 5.74) is 3.10. The van der Waals surface area contributed by atoms with E-state index >= 15 is 0 Å². The normalized spacial score (nSPS) is 11.6. The maximum atomic E-state index is 12.8. The summed E-state index contributed by atoms with van der Waals surface area (Å²) in [7, 11) is -3.56. The minimum atomic E-state index is -3.56. The number of aryl methyl sites for hydroxylation is 2. The summed E-state index contributed by atoms with van der Waals surface area (Å²) in [6.45, 7) is 8.23. The molecule has 0 saturated heterocycles. The van der Waals surface area contributed by atoms with Crippen molar-refractivity contribution in [2.75, 3.05) is 18.4 Å². The minimum absolute atomic E-state index is 0.170. The van der Waals surface area contributed by atoms with E-state index in [2.05, 4.69) is 10.4 Å². The molecule has 7 nitrogen and oxygen atoms in total. The molecule has 158 valence electrons. The average Bonchev–Trinajstić information content (AvgIpc) is 3.09. The van der Waals surface area contributed by atoms with Crippen LogP contribution < -0.4 is 5.32 Å². The summed E-state index contributed by atoms with van der Waals surface area (Å²) >= 11 is 0. The number of nitrogens with one attached hydrogen (secondary N) is 1. The van der Waals surface area contributed by atoms with Gasteiger partial charge in [-0.1, -0.05) is 31.5 Å². The highest BCUT2D eigenvalue weighted by atomic mass is 32.2. The second-order valence-corrected chi connectivity index (χ2v) is 8.92. The van der Waals surface area contributed by atoms with E-state index in [-0.39, 0.29) is 10.8 Å². The van der Waals surface area contributed by atoms with Crippen molar-refractivity contribution >= 4 is 21.7 Å². The monoisotopic (exact) mass is 426 g/mol. The molecule has 1 heterocycles. The largest absolute Gasteiger partial charge is 0.306 e. The third-order valence-electron chi connectivity index (χ3n) is 4.81. The number of carbonyl (C=O) groups is 1. The summed E-state index contributed by atoms with van der Waals surface area (Å²) in [5.74, 6) is 0.205. The zero-order valence-corrected chi connectivity index (χ0v) is 18.4. The number of sulfonamides is 1. The first-order valence-electron chi connectivity index (χ1n) is 9.81. The molecular formula is C22H26N4O3S. The Morgan fingerprint density at radius 3 is 2.17 bits per heavy atom. The molecule has 0 aliphatic rings. The first-order chi connectivity index (χ1) is 14.3. The molecule has 0 radical (unpaired) electrons. The van der Waals surface area contributed by atoms with Crippen molar-refractivity contribution in [3.63, 3.8) is 0 Å². The predicted molar refractivity (Wildman–Crippen MR) is 118 cm³/mol. The summed E-state index contributed by atoms with van der Waals surface area (Å²) in [4.78, 5) is 12.9. The third kappa shape index (κ3) is 4.44. The molecule has 0 saturated carbocycles. The lowest BCUT2D eigenvalue weighted by Gasteiger charge is -2.18. The molecule has 0 aliphatic carbocycles. The molecule has 2 aromatic carbocycles. The van der Waals surface area contributed by atoms with Crippen LogP contribution >= 0.6 is 0 Å². The first-order valence-corrected chi connectivity index (χ1v) is 11.3. The molecule has 0 aliphatic heterocycles. The van der Waals surface area contributed by atoms with Crippen LogP contribution in [0.4, 0.5) is 5.82 Å². The average molecular weight is 427 g/mol. The molecule has 0 fully saturated rings. The second-order valence-electron chi connectivity index (χ2n) is 6.99. The number of anilines is 1. The van der Waals surface area contributed by atoms with Crippen LogP contribution in [0.15, 0.2) is 59.5 Å². The van der Waals surface area contributed by atoms with Crippen molar-refractivity contribution in [2.45, 2.75) is 32.6 Å². The number of benzene rings is 2. The second kappa shape index (κ2) is 8.81. The quantitative estimate of drug-likeness (QED) is 0.623. The Bertz CT molecular complexity index is 1130. The van der Waals surface area contributed by atoms with E-state index in [1.165, 1.54) is 28.6 Å². The van der Waals surface area contributed by atoms with E-state index in [0.717, 1.165) is 16.9 Å². The van der Waals surface area contributed by atoms with Gasteiger partial charge in [0, 0.05) is 24.7 Å². The summed E-state index contributed by atoms with van der Waals surface area (Å²) in [5, 5.41) is 7.32. The van der Waals surface area contributed by atoms with Crippen LogP contribution in [-0.2, 0) is 10.0 Å². The van der Waals surface area contributed by atoms with Crippen LogP contribution in [0.25, 0.3) is 5.69 Å². The van der Waals surface area contributed by atoms with E-state index in [1.807, 2.05) is 38.1 Å². The van der Waals surface area contributed by atoms with Gasteiger partial charge in [-0.05, 0) is 50.2 Å². The van der Waals surface area contributed by atoms with Crippen LogP contribution in [-0.4, -0.2) is 41.5 Å². The van der Waals surface area contributed by atoms with Gasteiger partial charge in [0.25, 0.3) is 5.91 Å². The van der Waals surface area contributed by atoms with Gasteiger partial charge in [0.1, 0.15) is 5.82 Å². The Kier molecular flexibility index (Phi) is 6.38. The predicted octanol–water partition coefficient (Wildman–Crippen LogP) is 3.77. The van der Waals surface area contributed by atoms with Crippen molar-refractivity contribution in [3.8, 4) is 5.69 Å². The number of amides is 1. The molecule has 1 amide bonds. The molecule has 3 aromatic rings. The van der Waals surface area contributed by atoms with Crippen molar-refractivity contribution in [2.24, 2.45) is 0 Å². The van der Waals surface area contributed by atoms with Gasteiger partial charge in [0.05, 0.1) is 16.3 Å². The van der Waals surface area contributed by atoms with Crippen molar-refractivity contribution in [3.05, 3.63) is 71.4 Å². The van der Waals surface area contributed by atoms with E-state index in [0.29, 0.717) is 24.5 Å². The highest BCUT2D eigenvalue weighted by Crippen LogP contribution is 2.20. The Balaban J connectivity index is 1.83. The number of nitrogens with zero attached hydrogens (tertiary/aromatic N) is 3. The molecule has 0 atom stereocenters. The molecule has 30 heavy (non-hydrogen) atoms. The maximum absolute atomic E-state index is 12.8. The topological polar surface area (TPSA) is 84.3 Å². The summed E-state index contributed by atoms with van der Waals surface area (Å²) in [6.07, 6.45) is 0. The number of hydrogen-bond acceptors (Lipinski definition) is 4. The molecule has 0 bridgehead atoms. The Morgan fingerprint density at radius 1 is 1.00 bits per heavy atom. The number of hydrogen-bond donors (Lipinski definition) is 1. The van der Waals surface area contributed by atoms with Crippen molar-refractivity contribution < 1.29 is 13.2 Å². The molecule has 8 heteroatoms. The lowest BCUT2D eigenvalue weighted by molar-refractivity contribution is 0.102. The van der Waals surface area contributed by atoms with Gasteiger partial charge in [0.15, 0.2) is 0 Å². The van der Waals surface area contributed by atoms with Crippen LogP contribution in [0.3, 0.4) is 0 Å². The van der Waals surface area contributed by atoms with Gasteiger partial charge in [-0.15, -0.1) is 0 Å². The third-order valence-corrected chi connectivity index (χ3v) is 6.88. The standard InChI is InChI=1S/C22H26N4O3S/c1-5-25(6-2)30(28,29)20-13-9-18(10-14-20)22(27)23-21-15-17(4)24-26(21)19-11-7-16(3)8-12-19/h7-15H,5-6H2,1-4H3,(H,23,27). The van der Waals surface area contributed by atoms with Crippen molar-refractivity contribution in [1.29, 1.82) is 0 Å². The van der Waals surface area contributed by atoms with Gasteiger partial charge in [-0.25, -0.2) is 13.1 Å². The van der Waals surface area contributed by atoms with E-state index in [4.69, 9.17) is 0 Å². The van der Waals surface area contributed by atoms with Gasteiger partial charge in [-0.3, -0.25) is 4.79 Å². The van der Waals surface area contributed by atoms with E-state index < -0.39 is 10.0 Å². The van der Waals surface area contributed by atoms with Gasteiger partial charge >= 0.3 is 0 Å². The number of rotatable bonds is 7. The number of carbonyl (C=O) groups excluding carboxylic acids is 1. The summed E-state index contributed by atoms with van der Waals surface area (Å²) in [6, 6.07) is 15.6. The smallest absolute Gasteiger partial charge is 0.256 e. The van der Waals surface area contributed by atoms with Crippen LogP contribution in [0, 0.1) is 13.8 Å². The van der Waals surface area contributed by atoms with Gasteiger partial charge < -0.3 is 5.32 Å². The molecule has 0 unspecified atom stereocenters. The van der Waals surface area contributed by atoms with Crippen LogP contribution in [0.5, 0.6) is 0 Å².